The second-order valence-electron chi connectivity index (χ2n) is 5.79. The first kappa shape index (κ1) is 16.1. The molecule has 23 heavy (non-hydrogen) atoms. The van der Waals surface area contributed by atoms with Gasteiger partial charge >= 0.3 is 0 Å². The predicted molar refractivity (Wildman–Crippen MR) is 94.0 cm³/mol. The van der Waals surface area contributed by atoms with Crippen LogP contribution >= 0.6 is 11.3 Å². The summed E-state index contributed by atoms with van der Waals surface area (Å²) < 4.78 is 0. The molecule has 1 N–H and O–H groups in total. The molecule has 0 aliphatic carbocycles. The second kappa shape index (κ2) is 7.23. The highest BCUT2D eigenvalue weighted by Crippen LogP contribution is 2.27. The Labute approximate surface area is 140 Å². The molecule has 0 bridgehead atoms. The van der Waals surface area contributed by atoms with Crippen LogP contribution in [-0.4, -0.2) is 64.9 Å². The maximum Gasteiger partial charge on any atom is 0.224 e. The van der Waals surface area contributed by atoms with Crippen LogP contribution in [0.1, 0.15) is 18.2 Å². The highest BCUT2D eigenvalue weighted by atomic mass is 32.1. The summed E-state index contributed by atoms with van der Waals surface area (Å²) in [5.74, 6) is 1.04. The smallest absolute Gasteiger partial charge is 0.224 e. The summed E-state index contributed by atoms with van der Waals surface area (Å²) in [5.41, 5.74) is 0. The zero-order valence-corrected chi connectivity index (χ0v) is 14.5. The first-order valence-corrected chi connectivity index (χ1v) is 8.94. The molecule has 3 heterocycles. The maximum absolute atomic E-state index is 12.3. The lowest BCUT2D eigenvalue weighted by Gasteiger charge is -2.34. The molecule has 7 heteroatoms. The highest BCUT2D eigenvalue weighted by Gasteiger charge is 2.19. The van der Waals surface area contributed by atoms with Crippen molar-refractivity contribution in [3.63, 3.8) is 0 Å². The largest absolute Gasteiger partial charge is 0.369 e. The summed E-state index contributed by atoms with van der Waals surface area (Å²) in [7, 11) is 0. The number of hydrogen-bond donors (Lipinski definition) is 1. The van der Waals surface area contributed by atoms with E-state index in [2.05, 4.69) is 40.1 Å². The number of rotatable bonds is 5. The fraction of sp³-hybridized carbons (Fsp3) is 0.562. The van der Waals surface area contributed by atoms with Crippen molar-refractivity contribution in [2.45, 2.75) is 20.3 Å². The van der Waals surface area contributed by atoms with Gasteiger partial charge in [0, 0.05) is 44.0 Å². The van der Waals surface area contributed by atoms with Gasteiger partial charge < -0.3 is 15.1 Å². The summed E-state index contributed by atoms with van der Waals surface area (Å²) >= 11 is 1.66. The number of carbonyl (C=O) groups is 1. The van der Waals surface area contributed by atoms with Crippen molar-refractivity contribution >= 4 is 33.3 Å². The fourth-order valence-corrected chi connectivity index (χ4v) is 3.72. The first-order valence-electron chi connectivity index (χ1n) is 8.12. The highest BCUT2D eigenvalue weighted by molar-refractivity contribution is 7.18. The van der Waals surface area contributed by atoms with Gasteiger partial charge in [-0.1, -0.05) is 6.92 Å². The number of aromatic nitrogens is 2. The van der Waals surface area contributed by atoms with Gasteiger partial charge in [-0.15, -0.1) is 11.3 Å². The number of hydrogen-bond acceptors (Lipinski definition) is 6. The number of thiophene rings is 1. The van der Waals surface area contributed by atoms with Gasteiger partial charge in [-0.2, -0.15) is 0 Å². The van der Waals surface area contributed by atoms with Crippen LogP contribution in [0.5, 0.6) is 0 Å². The van der Waals surface area contributed by atoms with Crippen LogP contribution < -0.4 is 5.32 Å². The Balaban J connectivity index is 1.52. The van der Waals surface area contributed by atoms with Crippen LogP contribution in [0.4, 0.5) is 5.82 Å². The summed E-state index contributed by atoms with van der Waals surface area (Å²) in [6.45, 7) is 9.54. The molecule has 3 rings (SSSR count). The van der Waals surface area contributed by atoms with E-state index in [-0.39, 0.29) is 5.91 Å². The van der Waals surface area contributed by atoms with Crippen molar-refractivity contribution in [3.8, 4) is 0 Å². The summed E-state index contributed by atoms with van der Waals surface area (Å²) in [5, 5.41) is 4.33. The van der Waals surface area contributed by atoms with E-state index in [1.54, 1.807) is 17.7 Å². The Hall–Kier alpha value is -1.73. The lowest BCUT2D eigenvalue weighted by molar-refractivity contribution is -0.132. The van der Waals surface area contributed by atoms with Crippen molar-refractivity contribution in [2.24, 2.45) is 0 Å². The molecule has 1 amide bonds. The topological polar surface area (TPSA) is 61.4 Å². The van der Waals surface area contributed by atoms with Crippen LogP contribution in [0, 0.1) is 6.92 Å². The van der Waals surface area contributed by atoms with Crippen LogP contribution in [0.2, 0.25) is 0 Å². The molecular weight excluding hydrogens is 310 g/mol. The molecule has 2 aromatic rings. The quantitative estimate of drug-likeness (QED) is 0.906. The van der Waals surface area contributed by atoms with E-state index in [1.165, 1.54) is 4.88 Å². The Morgan fingerprint density at radius 1 is 1.30 bits per heavy atom. The number of fused-ring (bicyclic) bond motifs is 1. The summed E-state index contributed by atoms with van der Waals surface area (Å²) in [6.07, 6.45) is 2.08. The lowest BCUT2D eigenvalue weighted by Crippen LogP contribution is -2.48. The number of carbonyl (C=O) groups excluding carboxylic acids is 1. The summed E-state index contributed by atoms with van der Waals surface area (Å²) in [4.78, 5) is 27.4. The average Bonchev–Trinajstić information content (AvgIpc) is 2.96. The van der Waals surface area contributed by atoms with Gasteiger partial charge in [0.1, 0.15) is 17.0 Å². The molecule has 124 valence electrons. The van der Waals surface area contributed by atoms with E-state index < -0.39 is 0 Å². The normalized spacial score (nSPS) is 16.0. The molecule has 0 unspecified atom stereocenters. The van der Waals surface area contributed by atoms with Gasteiger partial charge in [0.05, 0.1) is 5.39 Å². The first-order chi connectivity index (χ1) is 11.2. The Morgan fingerprint density at radius 3 is 2.83 bits per heavy atom. The molecule has 1 saturated heterocycles. The van der Waals surface area contributed by atoms with Crippen LogP contribution in [0.3, 0.4) is 0 Å². The minimum atomic E-state index is 0.222. The number of nitrogens with zero attached hydrogens (tertiary/aromatic N) is 4. The second-order valence-corrected chi connectivity index (χ2v) is 7.02. The third kappa shape index (κ3) is 3.79. The van der Waals surface area contributed by atoms with Gasteiger partial charge in [-0.3, -0.25) is 4.79 Å². The van der Waals surface area contributed by atoms with Crippen LogP contribution in [0.15, 0.2) is 12.4 Å². The molecule has 1 aliphatic rings. The molecule has 0 saturated carbocycles. The number of nitrogens with one attached hydrogen (secondary N) is 1. The van der Waals surface area contributed by atoms with Crippen molar-refractivity contribution < 1.29 is 4.79 Å². The SMILES string of the molecule is CCN1CCN(C(=O)CCNc2ncnc3sc(C)cc23)CC1. The van der Waals surface area contributed by atoms with E-state index in [4.69, 9.17) is 0 Å². The number of anilines is 1. The standard InChI is InChI=1S/C16H23N5OS/c1-3-20-6-8-21(9-7-20)14(22)4-5-17-15-13-10-12(2)23-16(13)19-11-18-15/h10-11H,3-9H2,1-2H3,(H,17,18,19). The zero-order chi connectivity index (χ0) is 16.2. The van der Waals surface area contributed by atoms with E-state index in [0.29, 0.717) is 13.0 Å². The Kier molecular flexibility index (Phi) is 5.07. The van der Waals surface area contributed by atoms with Gasteiger partial charge in [0.15, 0.2) is 0 Å². The Morgan fingerprint density at radius 2 is 2.09 bits per heavy atom. The molecule has 0 radical (unpaired) electrons. The van der Waals surface area contributed by atoms with Gasteiger partial charge in [-0.05, 0) is 19.5 Å². The van der Waals surface area contributed by atoms with Gasteiger partial charge in [0.25, 0.3) is 0 Å². The maximum atomic E-state index is 12.3. The molecule has 1 aliphatic heterocycles. The Bertz CT molecular complexity index is 678. The van der Waals surface area contributed by atoms with Crippen molar-refractivity contribution in [1.29, 1.82) is 0 Å². The minimum absolute atomic E-state index is 0.222. The number of aryl methyl sites for hydroxylation is 1. The van der Waals surface area contributed by atoms with E-state index in [1.807, 2.05) is 4.90 Å². The van der Waals surface area contributed by atoms with E-state index in [9.17, 15) is 4.79 Å². The molecule has 0 aromatic carbocycles. The monoisotopic (exact) mass is 333 g/mol. The zero-order valence-electron chi connectivity index (χ0n) is 13.7. The van der Waals surface area contributed by atoms with Gasteiger partial charge in [0.2, 0.25) is 5.91 Å². The fourth-order valence-electron chi connectivity index (χ4n) is 2.88. The molecule has 0 spiro atoms. The van der Waals surface area contributed by atoms with Crippen molar-refractivity contribution in [1.82, 2.24) is 19.8 Å². The van der Waals surface area contributed by atoms with Crippen LogP contribution in [-0.2, 0) is 4.79 Å². The third-order valence-electron chi connectivity index (χ3n) is 4.26. The van der Waals surface area contributed by atoms with Crippen molar-refractivity contribution in [3.05, 3.63) is 17.3 Å². The van der Waals surface area contributed by atoms with Crippen molar-refractivity contribution in [2.75, 3.05) is 44.6 Å². The molecule has 6 nitrogen and oxygen atoms in total. The van der Waals surface area contributed by atoms with E-state index in [0.717, 1.165) is 48.8 Å². The third-order valence-corrected chi connectivity index (χ3v) is 5.21. The lowest BCUT2D eigenvalue weighted by atomic mass is 10.2. The summed E-state index contributed by atoms with van der Waals surface area (Å²) in [6, 6.07) is 2.09. The van der Waals surface area contributed by atoms with Crippen LogP contribution in [0.25, 0.3) is 10.2 Å². The molecule has 1 fully saturated rings. The number of amides is 1. The molecule has 0 atom stereocenters. The predicted octanol–water partition coefficient (Wildman–Crippen LogP) is 1.97. The number of piperazine rings is 1. The minimum Gasteiger partial charge on any atom is -0.369 e. The van der Waals surface area contributed by atoms with E-state index >= 15 is 0 Å². The van der Waals surface area contributed by atoms with Gasteiger partial charge in [-0.25, -0.2) is 9.97 Å². The average molecular weight is 333 g/mol. The number of likely N-dealkylation sites (N-methyl/N-ethyl adjacent to an activating group) is 1. The molecule has 2 aromatic heterocycles. The molecular formula is C16H23N5OS.